The Bertz CT molecular complexity index is 1040. The van der Waals surface area contributed by atoms with Gasteiger partial charge < -0.3 is 19.5 Å². The molecule has 0 bridgehead atoms. The lowest BCUT2D eigenvalue weighted by molar-refractivity contribution is 0.250. The molecule has 4 rings (SSSR count). The number of likely N-dealkylation sites (N-methyl/N-ethyl adjacent to an activating group) is 1. The number of nitrogens with one attached hydrogen (secondary N) is 1. The first kappa shape index (κ1) is 20.8. The Morgan fingerprint density at radius 3 is 2.77 bits per heavy atom. The Morgan fingerprint density at radius 2 is 2.03 bits per heavy atom. The molecule has 0 amide bonds. The number of thiocarbonyl (C=S) groups is 1. The molecule has 7 heteroatoms. The number of rotatable bonds is 6. The van der Waals surface area contributed by atoms with E-state index in [1.54, 1.807) is 0 Å². The molecule has 0 radical (unpaired) electrons. The zero-order valence-corrected chi connectivity index (χ0v) is 18.9. The highest BCUT2D eigenvalue weighted by molar-refractivity contribution is 7.80. The molecule has 0 aliphatic carbocycles. The molecule has 0 unspecified atom stereocenters. The number of aromatic nitrogens is 1. The number of halogens is 1. The zero-order chi connectivity index (χ0) is 21.3. The number of hydrogen-bond donors (Lipinski definition) is 1. The Labute approximate surface area is 187 Å². The lowest BCUT2D eigenvalue weighted by Crippen LogP contribution is -2.35. The summed E-state index contributed by atoms with van der Waals surface area (Å²) in [6.07, 6.45) is 1.81. The van der Waals surface area contributed by atoms with Gasteiger partial charge in [-0.3, -0.25) is 4.98 Å². The minimum atomic E-state index is -0.0830. The van der Waals surface area contributed by atoms with Crippen LogP contribution in [0.5, 0.6) is 0 Å². The van der Waals surface area contributed by atoms with Gasteiger partial charge in [0.05, 0.1) is 11.7 Å². The van der Waals surface area contributed by atoms with Crippen molar-refractivity contribution in [2.75, 3.05) is 27.2 Å². The van der Waals surface area contributed by atoms with Crippen molar-refractivity contribution in [3.8, 4) is 11.3 Å². The van der Waals surface area contributed by atoms with E-state index in [4.69, 9.17) is 28.2 Å². The van der Waals surface area contributed by atoms with Crippen molar-refractivity contribution >= 4 is 28.9 Å². The molecule has 3 aromatic rings. The van der Waals surface area contributed by atoms with Gasteiger partial charge in [0, 0.05) is 29.9 Å². The normalized spacial score (nSPS) is 18.8. The second-order valence-electron chi connectivity index (χ2n) is 7.78. The molecule has 3 heterocycles. The number of benzene rings is 1. The average molecular weight is 441 g/mol. The van der Waals surface area contributed by atoms with Crippen LogP contribution in [0, 0.1) is 6.92 Å². The summed E-state index contributed by atoms with van der Waals surface area (Å²) in [5, 5.41) is 4.87. The van der Waals surface area contributed by atoms with Gasteiger partial charge in [-0.05, 0) is 75.2 Å². The SMILES string of the molecule is Cc1ccc(Cl)cc1-c1ccc([C@H]2[C@H](c3ccccn3)NC(=S)N2CCN(C)C)o1. The Morgan fingerprint density at radius 1 is 1.20 bits per heavy atom. The lowest BCUT2D eigenvalue weighted by Gasteiger charge is -2.27. The lowest BCUT2D eigenvalue weighted by atomic mass is 10.0. The average Bonchev–Trinajstić information content (AvgIpc) is 3.33. The molecular weight excluding hydrogens is 416 g/mol. The van der Waals surface area contributed by atoms with E-state index in [1.165, 1.54) is 0 Å². The molecule has 30 heavy (non-hydrogen) atoms. The van der Waals surface area contributed by atoms with Crippen molar-refractivity contribution < 1.29 is 4.42 Å². The van der Waals surface area contributed by atoms with Gasteiger partial charge in [0.15, 0.2) is 5.11 Å². The number of aryl methyl sites for hydroxylation is 1. The van der Waals surface area contributed by atoms with Gasteiger partial charge in [0.2, 0.25) is 0 Å². The van der Waals surface area contributed by atoms with Crippen LogP contribution in [0.15, 0.2) is 59.1 Å². The predicted molar refractivity (Wildman–Crippen MR) is 125 cm³/mol. The van der Waals surface area contributed by atoms with Gasteiger partial charge in [-0.2, -0.15) is 0 Å². The molecule has 2 aromatic heterocycles. The fourth-order valence-corrected chi connectivity index (χ4v) is 4.28. The van der Waals surface area contributed by atoms with Crippen LogP contribution in [-0.2, 0) is 0 Å². The summed E-state index contributed by atoms with van der Waals surface area (Å²) in [6, 6.07) is 15.7. The fraction of sp³-hybridized carbons (Fsp3) is 0.304. The molecule has 1 N–H and O–H groups in total. The van der Waals surface area contributed by atoms with Crippen molar-refractivity contribution in [3.05, 3.63) is 76.8 Å². The Kier molecular flexibility index (Phi) is 6.09. The summed E-state index contributed by atoms with van der Waals surface area (Å²) in [5.41, 5.74) is 3.05. The van der Waals surface area contributed by atoms with Gasteiger partial charge in [0.25, 0.3) is 0 Å². The Balaban J connectivity index is 1.72. The monoisotopic (exact) mass is 440 g/mol. The van der Waals surface area contributed by atoms with Gasteiger partial charge in [-0.1, -0.05) is 23.7 Å². The molecule has 156 valence electrons. The Hall–Kier alpha value is -2.41. The molecule has 5 nitrogen and oxygen atoms in total. The predicted octanol–water partition coefficient (Wildman–Crippen LogP) is 4.84. The van der Waals surface area contributed by atoms with Crippen molar-refractivity contribution in [2.45, 2.75) is 19.0 Å². The molecule has 0 saturated carbocycles. The minimum absolute atomic E-state index is 0.0828. The third-order valence-electron chi connectivity index (χ3n) is 5.37. The van der Waals surface area contributed by atoms with E-state index >= 15 is 0 Å². The first-order valence-electron chi connectivity index (χ1n) is 9.93. The van der Waals surface area contributed by atoms with Crippen molar-refractivity contribution in [2.24, 2.45) is 0 Å². The van der Waals surface area contributed by atoms with Gasteiger partial charge in [0.1, 0.15) is 17.6 Å². The molecule has 1 aliphatic heterocycles. The topological polar surface area (TPSA) is 44.5 Å². The van der Waals surface area contributed by atoms with E-state index < -0.39 is 0 Å². The fourth-order valence-electron chi connectivity index (χ4n) is 3.78. The second-order valence-corrected chi connectivity index (χ2v) is 8.61. The van der Waals surface area contributed by atoms with E-state index in [2.05, 4.69) is 41.1 Å². The summed E-state index contributed by atoms with van der Waals surface area (Å²) in [4.78, 5) is 8.92. The van der Waals surface area contributed by atoms with Crippen LogP contribution in [-0.4, -0.2) is 47.1 Å². The third kappa shape index (κ3) is 4.21. The quantitative estimate of drug-likeness (QED) is 0.553. The summed E-state index contributed by atoms with van der Waals surface area (Å²) in [5.74, 6) is 1.65. The van der Waals surface area contributed by atoms with Crippen molar-refractivity contribution in [3.63, 3.8) is 0 Å². The summed E-state index contributed by atoms with van der Waals surface area (Å²) in [6.45, 7) is 3.73. The molecule has 2 atom stereocenters. The van der Waals surface area contributed by atoms with E-state index in [1.807, 2.05) is 54.7 Å². The first-order chi connectivity index (χ1) is 14.4. The standard InChI is InChI=1S/C23H25ClN4OS/c1-15-7-8-16(24)14-17(15)19-9-10-20(29-19)22-21(18-6-4-5-11-25-18)26-23(30)28(22)13-12-27(2)3/h4-11,14,21-22H,12-13H2,1-3H3,(H,26,30)/t21-,22-/m0/s1. The largest absolute Gasteiger partial charge is 0.459 e. The van der Waals surface area contributed by atoms with E-state index in [9.17, 15) is 0 Å². The second kappa shape index (κ2) is 8.76. The summed E-state index contributed by atoms with van der Waals surface area (Å²) in [7, 11) is 4.12. The molecular formula is C23H25ClN4OS. The van der Waals surface area contributed by atoms with Crippen LogP contribution in [0.1, 0.15) is 29.1 Å². The van der Waals surface area contributed by atoms with Crippen molar-refractivity contribution in [1.29, 1.82) is 0 Å². The van der Waals surface area contributed by atoms with Crippen LogP contribution in [0.4, 0.5) is 0 Å². The number of pyridine rings is 1. The highest BCUT2D eigenvalue weighted by Gasteiger charge is 2.41. The highest BCUT2D eigenvalue weighted by Crippen LogP contribution is 2.40. The maximum atomic E-state index is 6.39. The first-order valence-corrected chi connectivity index (χ1v) is 10.7. The van der Waals surface area contributed by atoms with Crippen LogP contribution in [0.3, 0.4) is 0 Å². The third-order valence-corrected chi connectivity index (χ3v) is 5.96. The van der Waals surface area contributed by atoms with Crippen LogP contribution >= 0.6 is 23.8 Å². The highest BCUT2D eigenvalue weighted by atomic mass is 35.5. The van der Waals surface area contributed by atoms with Crippen LogP contribution < -0.4 is 5.32 Å². The van der Waals surface area contributed by atoms with Crippen molar-refractivity contribution in [1.82, 2.24) is 20.1 Å². The smallest absolute Gasteiger partial charge is 0.170 e. The maximum Gasteiger partial charge on any atom is 0.170 e. The van der Waals surface area contributed by atoms with Gasteiger partial charge in [-0.25, -0.2) is 0 Å². The summed E-state index contributed by atoms with van der Waals surface area (Å²) < 4.78 is 6.39. The van der Waals surface area contributed by atoms with Gasteiger partial charge in [-0.15, -0.1) is 0 Å². The number of furan rings is 1. The van der Waals surface area contributed by atoms with E-state index in [0.29, 0.717) is 5.02 Å². The number of hydrogen-bond acceptors (Lipinski definition) is 4. The molecule has 0 spiro atoms. The maximum absolute atomic E-state index is 6.39. The summed E-state index contributed by atoms with van der Waals surface area (Å²) >= 11 is 11.9. The van der Waals surface area contributed by atoms with E-state index in [0.717, 1.165) is 46.5 Å². The molecule has 1 aromatic carbocycles. The van der Waals surface area contributed by atoms with Gasteiger partial charge >= 0.3 is 0 Å². The van der Waals surface area contributed by atoms with Crippen LogP contribution in [0.25, 0.3) is 11.3 Å². The van der Waals surface area contributed by atoms with E-state index in [-0.39, 0.29) is 12.1 Å². The molecule has 1 aliphatic rings. The molecule has 1 saturated heterocycles. The molecule has 1 fully saturated rings. The minimum Gasteiger partial charge on any atom is -0.459 e. The van der Waals surface area contributed by atoms with Crippen LogP contribution in [0.2, 0.25) is 5.02 Å². The number of nitrogens with zero attached hydrogens (tertiary/aromatic N) is 3. The zero-order valence-electron chi connectivity index (χ0n) is 17.3.